The summed E-state index contributed by atoms with van der Waals surface area (Å²) in [6.07, 6.45) is 1.33. The highest BCUT2D eigenvalue weighted by atomic mass is 32.2. The van der Waals surface area contributed by atoms with Crippen LogP contribution in [0.1, 0.15) is 61.8 Å². The molecule has 0 unspecified atom stereocenters. The Kier molecular flexibility index (Phi) is 13.1. The fraction of sp³-hybridized carbons (Fsp3) is 1.00. The van der Waals surface area contributed by atoms with E-state index in [0.29, 0.717) is 4.58 Å². The van der Waals surface area contributed by atoms with Crippen LogP contribution in [0.2, 0.25) is 36.3 Å². The van der Waals surface area contributed by atoms with Gasteiger partial charge in [-0.15, -0.1) is 23.5 Å². The fourth-order valence-corrected chi connectivity index (χ4v) is 9.49. The molecule has 0 saturated carbocycles. The summed E-state index contributed by atoms with van der Waals surface area (Å²) in [7, 11) is -3.36. The van der Waals surface area contributed by atoms with Crippen molar-refractivity contribution >= 4 is 40.2 Å². The first kappa shape index (κ1) is 27.1. The third-order valence-corrected chi connectivity index (χ3v) is 17.7. The van der Waals surface area contributed by atoms with Gasteiger partial charge >= 0.3 is 0 Å². The molecule has 0 aliphatic heterocycles. The lowest BCUT2D eigenvalue weighted by Crippen LogP contribution is -2.47. The maximum Gasteiger partial charge on any atom is 0.192 e. The van der Waals surface area contributed by atoms with Gasteiger partial charge in [-0.25, -0.2) is 0 Å². The zero-order valence-electron chi connectivity index (χ0n) is 19.2. The van der Waals surface area contributed by atoms with Gasteiger partial charge in [0.25, 0.3) is 0 Å². The zero-order valence-corrected chi connectivity index (χ0v) is 22.9. The predicted octanol–water partition coefficient (Wildman–Crippen LogP) is 7.62. The minimum absolute atomic E-state index is 0.232. The topological polar surface area (TPSA) is 18.5 Å². The highest BCUT2D eigenvalue weighted by Gasteiger charge is 2.40. The van der Waals surface area contributed by atoms with E-state index in [1.165, 1.54) is 29.6 Å². The van der Waals surface area contributed by atoms with E-state index in [1.54, 1.807) is 0 Å². The summed E-state index contributed by atoms with van der Waals surface area (Å²) in [4.78, 5) is 0. The Labute approximate surface area is 175 Å². The summed E-state index contributed by atoms with van der Waals surface area (Å²) in [5.41, 5.74) is 0. The molecule has 0 rings (SSSR count). The van der Waals surface area contributed by atoms with Gasteiger partial charge in [-0.2, -0.15) is 0 Å². The SMILES string of the molecule is CCSC(C[C@@H](CO[Si](CC)(CC)CC)O[Si](C)(C)C(C)(C)C)SCC. The molecule has 6 heteroatoms. The maximum absolute atomic E-state index is 6.86. The van der Waals surface area contributed by atoms with E-state index in [2.05, 4.69) is 92.0 Å². The number of hydrogen-bond acceptors (Lipinski definition) is 4. The van der Waals surface area contributed by atoms with Crippen LogP contribution >= 0.6 is 23.5 Å². The highest BCUT2D eigenvalue weighted by Crippen LogP contribution is 2.39. The first-order valence-corrected chi connectivity index (χ1v) is 18.1. The molecule has 0 spiro atoms. The van der Waals surface area contributed by atoms with Crippen molar-refractivity contribution in [2.24, 2.45) is 0 Å². The normalized spacial score (nSPS) is 14.9. The van der Waals surface area contributed by atoms with Crippen LogP contribution < -0.4 is 0 Å². The molecule has 1 atom stereocenters. The molecule has 0 fully saturated rings. The van der Waals surface area contributed by atoms with Crippen molar-refractivity contribution in [1.29, 1.82) is 0 Å². The van der Waals surface area contributed by atoms with Gasteiger partial charge in [-0.1, -0.05) is 55.4 Å². The van der Waals surface area contributed by atoms with Crippen molar-refractivity contribution in [2.45, 2.75) is 109 Å². The summed E-state index contributed by atoms with van der Waals surface area (Å²) in [6, 6.07) is 3.64. The van der Waals surface area contributed by atoms with E-state index >= 15 is 0 Å². The Balaban J connectivity index is 5.26. The second-order valence-electron chi connectivity index (χ2n) is 8.63. The van der Waals surface area contributed by atoms with Crippen LogP contribution in [0.3, 0.4) is 0 Å². The third kappa shape index (κ3) is 9.04. The second-order valence-corrected chi connectivity index (χ2v) is 21.4. The van der Waals surface area contributed by atoms with Crippen molar-refractivity contribution in [2.75, 3.05) is 18.1 Å². The standard InChI is InChI=1S/C20H46O2S2Si2/c1-11-23-19(24-12-2)16-18(22-25(9,10)20(6,7)8)17-21-26(13-3,14-4)15-5/h18-19H,11-17H2,1-10H3/t18-/m0/s1. The van der Waals surface area contributed by atoms with Crippen LogP contribution in [0, 0.1) is 0 Å². The smallest absolute Gasteiger partial charge is 0.192 e. The van der Waals surface area contributed by atoms with Gasteiger partial charge in [-0.3, -0.25) is 0 Å². The lowest BCUT2D eigenvalue weighted by molar-refractivity contribution is 0.105. The molecule has 0 aliphatic rings. The van der Waals surface area contributed by atoms with Gasteiger partial charge in [0, 0.05) is 0 Å². The van der Waals surface area contributed by atoms with E-state index in [4.69, 9.17) is 8.85 Å². The molecular weight excluding hydrogens is 393 g/mol. The van der Waals surface area contributed by atoms with E-state index in [0.717, 1.165) is 13.0 Å². The van der Waals surface area contributed by atoms with Crippen molar-refractivity contribution in [1.82, 2.24) is 0 Å². The van der Waals surface area contributed by atoms with Crippen LogP contribution in [0.4, 0.5) is 0 Å². The minimum Gasteiger partial charge on any atom is -0.414 e. The number of thioether (sulfide) groups is 2. The van der Waals surface area contributed by atoms with E-state index in [-0.39, 0.29) is 11.1 Å². The highest BCUT2D eigenvalue weighted by molar-refractivity contribution is 8.16. The van der Waals surface area contributed by atoms with Crippen LogP contribution in [-0.2, 0) is 8.85 Å². The zero-order chi connectivity index (χ0) is 20.4. The molecule has 0 radical (unpaired) electrons. The molecule has 2 nitrogen and oxygen atoms in total. The molecule has 0 saturated heterocycles. The van der Waals surface area contributed by atoms with Crippen molar-refractivity contribution in [3.8, 4) is 0 Å². The molecule has 0 aromatic heterocycles. The summed E-state index contributed by atoms with van der Waals surface area (Å²) in [6.45, 7) is 24.0. The summed E-state index contributed by atoms with van der Waals surface area (Å²) < 4.78 is 14.2. The number of hydrogen-bond donors (Lipinski definition) is 0. The Bertz CT molecular complexity index is 355. The van der Waals surface area contributed by atoms with Crippen LogP contribution in [0.15, 0.2) is 0 Å². The van der Waals surface area contributed by atoms with Gasteiger partial charge in [0.2, 0.25) is 0 Å². The molecule has 26 heavy (non-hydrogen) atoms. The van der Waals surface area contributed by atoms with Gasteiger partial charge in [-0.05, 0) is 54.2 Å². The van der Waals surface area contributed by atoms with Crippen molar-refractivity contribution in [3.05, 3.63) is 0 Å². The molecule has 0 aromatic rings. The van der Waals surface area contributed by atoms with Crippen LogP contribution in [-0.4, -0.2) is 45.4 Å². The first-order chi connectivity index (χ1) is 12.0. The van der Waals surface area contributed by atoms with Gasteiger partial charge in [0.15, 0.2) is 16.6 Å². The second kappa shape index (κ2) is 12.6. The molecule has 158 valence electrons. The lowest BCUT2D eigenvalue weighted by Gasteiger charge is -2.41. The van der Waals surface area contributed by atoms with E-state index < -0.39 is 16.6 Å². The Hall–Kier alpha value is 1.05. The summed E-state index contributed by atoms with van der Waals surface area (Å²) >= 11 is 4.14. The Morgan fingerprint density at radius 1 is 0.846 bits per heavy atom. The number of rotatable bonds is 14. The molecule has 0 amide bonds. The Morgan fingerprint density at radius 3 is 1.65 bits per heavy atom. The molecule has 0 bridgehead atoms. The van der Waals surface area contributed by atoms with Gasteiger partial charge in [0.05, 0.1) is 17.3 Å². The molecule has 0 heterocycles. The first-order valence-electron chi connectivity index (χ1n) is 10.6. The van der Waals surface area contributed by atoms with E-state index in [1.807, 2.05) is 0 Å². The van der Waals surface area contributed by atoms with Gasteiger partial charge < -0.3 is 8.85 Å². The molecule has 0 N–H and O–H groups in total. The maximum atomic E-state index is 6.86. The third-order valence-electron chi connectivity index (χ3n) is 5.94. The fourth-order valence-electron chi connectivity index (χ4n) is 2.84. The van der Waals surface area contributed by atoms with Crippen molar-refractivity contribution in [3.63, 3.8) is 0 Å². The molecule has 0 aliphatic carbocycles. The van der Waals surface area contributed by atoms with E-state index in [9.17, 15) is 0 Å². The predicted molar refractivity (Wildman–Crippen MR) is 130 cm³/mol. The largest absolute Gasteiger partial charge is 0.414 e. The molecule has 0 aromatic carbocycles. The average Bonchev–Trinajstić information content (AvgIpc) is 2.55. The van der Waals surface area contributed by atoms with Crippen LogP contribution in [0.25, 0.3) is 0 Å². The minimum atomic E-state index is -1.79. The van der Waals surface area contributed by atoms with Gasteiger partial charge in [0.1, 0.15) is 0 Å². The van der Waals surface area contributed by atoms with Crippen LogP contribution in [0.5, 0.6) is 0 Å². The Morgan fingerprint density at radius 2 is 1.31 bits per heavy atom. The lowest BCUT2D eigenvalue weighted by atomic mass is 10.2. The quantitative estimate of drug-likeness (QED) is 0.205. The van der Waals surface area contributed by atoms with Crippen molar-refractivity contribution < 1.29 is 8.85 Å². The monoisotopic (exact) mass is 438 g/mol. The summed E-state index contributed by atoms with van der Waals surface area (Å²) in [5, 5.41) is 0.241. The summed E-state index contributed by atoms with van der Waals surface area (Å²) in [5.74, 6) is 2.34. The molecular formula is C20H46O2S2Si2. The average molecular weight is 439 g/mol.